The summed E-state index contributed by atoms with van der Waals surface area (Å²) in [6, 6.07) is 28.8. The molecule has 0 aromatic heterocycles. The summed E-state index contributed by atoms with van der Waals surface area (Å²) in [5, 5.41) is 6.04. The topological polar surface area (TPSA) is 67.4 Å². The number of rotatable bonds is 8. The van der Waals surface area contributed by atoms with Crippen LogP contribution in [0.2, 0.25) is 10.0 Å². The van der Waals surface area contributed by atoms with Crippen LogP contribution in [0.1, 0.15) is 21.2 Å². The second-order valence-electron chi connectivity index (χ2n) is 7.70. The van der Waals surface area contributed by atoms with Gasteiger partial charge in [0.05, 0.1) is 23.4 Å². The Hall–Kier alpha value is -3.45. The molecule has 0 heterocycles. The number of anilines is 2. The molecule has 0 aliphatic carbocycles. The highest BCUT2D eigenvalue weighted by atomic mass is 35.5. The first kappa shape index (κ1) is 25.6. The van der Waals surface area contributed by atoms with E-state index in [4.69, 9.17) is 27.9 Å². The van der Waals surface area contributed by atoms with E-state index >= 15 is 0 Å². The zero-order valence-electron chi connectivity index (χ0n) is 19.2. The van der Waals surface area contributed by atoms with Gasteiger partial charge in [0, 0.05) is 15.6 Å². The van der Waals surface area contributed by atoms with Gasteiger partial charge in [-0.3, -0.25) is 9.59 Å². The number of carbonyl (C=O) groups is 2. The molecule has 182 valence electrons. The Morgan fingerprint density at radius 1 is 0.833 bits per heavy atom. The summed E-state index contributed by atoms with van der Waals surface area (Å²) in [6.45, 7) is 0. The van der Waals surface area contributed by atoms with Crippen LogP contribution in [0.5, 0.6) is 5.75 Å². The van der Waals surface area contributed by atoms with E-state index in [0.717, 1.165) is 10.5 Å². The maximum Gasteiger partial charge on any atom is 0.257 e. The molecule has 0 radical (unpaired) electrons. The number of para-hydroxylation sites is 2. The average molecular weight is 537 g/mol. The number of halogens is 2. The number of nitrogens with one attached hydrogen (secondary N) is 2. The van der Waals surface area contributed by atoms with Crippen molar-refractivity contribution in [3.05, 3.63) is 118 Å². The number of hydrogen-bond acceptors (Lipinski definition) is 4. The lowest BCUT2D eigenvalue weighted by atomic mass is 10.1. The number of methoxy groups -OCH3 is 1. The Bertz CT molecular complexity index is 1370. The van der Waals surface area contributed by atoms with Crippen LogP contribution in [-0.2, 0) is 4.79 Å². The highest BCUT2D eigenvalue weighted by Gasteiger charge is 2.23. The second-order valence-corrected chi connectivity index (χ2v) is 9.72. The van der Waals surface area contributed by atoms with Gasteiger partial charge >= 0.3 is 0 Å². The molecule has 4 aromatic carbocycles. The number of carbonyl (C=O) groups excluding carboxylic acids is 2. The monoisotopic (exact) mass is 536 g/mol. The summed E-state index contributed by atoms with van der Waals surface area (Å²) >= 11 is 13.5. The Morgan fingerprint density at radius 2 is 1.53 bits per heavy atom. The van der Waals surface area contributed by atoms with Gasteiger partial charge in [0.1, 0.15) is 11.0 Å². The lowest BCUT2D eigenvalue weighted by Crippen LogP contribution is -2.19. The zero-order valence-corrected chi connectivity index (χ0v) is 21.5. The van der Waals surface area contributed by atoms with Crippen LogP contribution >= 0.6 is 35.0 Å². The van der Waals surface area contributed by atoms with Gasteiger partial charge in [-0.2, -0.15) is 0 Å². The van der Waals surface area contributed by atoms with Crippen molar-refractivity contribution in [3.8, 4) is 5.75 Å². The lowest BCUT2D eigenvalue weighted by Gasteiger charge is -2.18. The molecule has 0 fully saturated rings. The highest BCUT2D eigenvalue weighted by Crippen LogP contribution is 2.37. The Kier molecular flexibility index (Phi) is 8.54. The zero-order chi connectivity index (χ0) is 25.5. The predicted molar refractivity (Wildman–Crippen MR) is 148 cm³/mol. The molecule has 1 unspecified atom stereocenters. The van der Waals surface area contributed by atoms with Gasteiger partial charge in [0.2, 0.25) is 5.91 Å². The summed E-state index contributed by atoms with van der Waals surface area (Å²) in [4.78, 5) is 26.8. The van der Waals surface area contributed by atoms with Crippen LogP contribution in [0, 0.1) is 0 Å². The number of benzene rings is 4. The van der Waals surface area contributed by atoms with Crippen LogP contribution in [0.25, 0.3) is 0 Å². The molecule has 5 nitrogen and oxygen atoms in total. The average Bonchev–Trinajstić information content (AvgIpc) is 2.89. The number of ether oxygens (including phenoxy) is 1. The van der Waals surface area contributed by atoms with E-state index in [9.17, 15) is 9.59 Å². The first-order valence-corrected chi connectivity index (χ1v) is 12.6. The quantitative estimate of drug-likeness (QED) is 0.226. The minimum Gasteiger partial charge on any atom is -0.495 e. The summed E-state index contributed by atoms with van der Waals surface area (Å²) < 4.78 is 5.37. The van der Waals surface area contributed by atoms with E-state index in [1.165, 1.54) is 17.8 Å². The largest absolute Gasteiger partial charge is 0.495 e. The molecule has 4 rings (SSSR count). The van der Waals surface area contributed by atoms with Crippen LogP contribution in [0.15, 0.2) is 102 Å². The maximum atomic E-state index is 13.3. The first-order chi connectivity index (χ1) is 17.4. The lowest BCUT2D eigenvalue weighted by molar-refractivity contribution is -0.115. The molecule has 0 saturated heterocycles. The summed E-state index contributed by atoms with van der Waals surface area (Å²) in [5.74, 6) is 0.0735. The molecule has 0 saturated carbocycles. The van der Waals surface area contributed by atoms with Gasteiger partial charge in [0.15, 0.2) is 0 Å². The van der Waals surface area contributed by atoms with Crippen LogP contribution in [-0.4, -0.2) is 18.9 Å². The third kappa shape index (κ3) is 6.40. The van der Waals surface area contributed by atoms with Gasteiger partial charge in [-0.1, -0.05) is 65.7 Å². The fourth-order valence-corrected chi connectivity index (χ4v) is 4.99. The van der Waals surface area contributed by atoms with Gasteiger partial charge in [-0.05, 0) is 60.2 Å². The fourth-order valence-electron chi connectivity index (χ4n) is 3.47. The minimum absolute atomic E-state index is 0.176. The van der Waals surface area contributed by atoms with Crippen molar-refractivity contribution in [2.45, 2.75) is 10.1 Å². The molecular formula is C28H22Cl2N2O3S. The van der Waals surface area contributed by atoms with Gasteiger partial charge in [-0.15, -0.1) is 11.8 Å². The smallest absolute Gasteiger partial charge is 0.257 e. The van der Waals surface area contributed by atoms with E-state index in [1.807, 2.05) is 54.6 Å². The Labute approximate surface area is 223 Å². The van der Waals surface area contributed by atoms with Crippen molar-refractivity contribution in [2.75, 3.05) is 17.7 Å². The summed E-state index contributed by atoms with van der Waals surface area (Å²) in [5.41, 5.74) is 2.40. The molecule has 0 aliphatic heterocycles. The standard InChI is InChI=1S/C28H22Cl2N2O3S/c1-35-25-10-6-5-9-24(25)32-28(34)26(18-7-3-2-4-8-18)36-21-14-12-20(13-15-21)31-27(33)22-16-11-19(29)17-23(22)30/h2-17,26H,1H3,(H,31,33)(H,32,34). The van der Waals surface area contributed by atoms with Crippen LogP contribution in [0.3, 0.4) is 0 Å². The highest BCUT2D eigenvalue weighted by molar-refractivity contribution is 8.00. The van der Waals surface area contributed by atoms with E-state index < -0.39 is 5.25 Å². The Balaban J connectivity index is 1.50. The molecular weight excluding hydrogens is 515 g/mol. The van der Waals surface area contributed by atoms with Crippen molar-refractivity contribution < 1.29 is 14.3 Å². The third-order valence-corrected chi connectivity index (χ3v) is 7.06. The van der Waals surface area contributed by atoms with Crippen LogP contribution in [0.4, 0.5) is 11.4 Å². The van der Waals surface area contributed by atoms with E-state index in [-0.39, 0.29) is 16.8 Å². The van der Waals surface area contributed by atoms with Crippen molar-refractivity contribution in [3.63, 3.8) is 0 Å². The van der Waals surface area contributed by atoms with Crippen molar-refractivity contribution >= 4 is 58.2 Å². The molecule has 8 heteroatoms. The number of hydrogen-bond donors (Lipinski definition) is 2. The minimum atomic E-state index is -0.510. The molecule has 4 aromatic rings. The van der Waals surface area contributed by atoms with E-state index in [1.54, 1.807) is 43.5 Å². The maximum absolute atomic E-state index is 13.3. The number of thioether (sulfide) groups is 1. The molecule has 36 heavy (non-hydrogen) atoms. The number of amides is 2. The van der Waals surface area contributed by atoms with Gasteiger partial charge in [0.25, 0.3) is 5.91 Å². The molecule has 0 aliphatic rings. The summed E-state index contributed by atoms with van der Waals surface area (Å²) in [6.07, 6.45) is 0. The predicted octanol–water partition coefficient (Wildman–Crippen LogP) is 7.73. The van der Waals surface area contributed by atoms with Gasteiger partial charge < -0.3 is 15.4 Å². The first-order valence-electron chi connectivity index (χ1n) is 11.0. The second kappa shape index (κ2) is 12.0. The molecule has 2 amide bonds. The summed E-state index contributed by atoms with van der Waals surface area (Å²) in [7, 11) is 1.57. The van der Waals surface area contributed by atoms with E-state index in [0.29, 0.717) is 27.7 Å². The van der Waals surface area contributed by atoms with Crippen molar-refractivity contribution in [2.24, 2.45) is 0 Å². The molecule has 0 spiro atoms. The van der Waals surface area contributed by atoms with Crippen molar-refractivity contribution in [1.29, 1.82) is 0 Å². The fraction of sp³-hybridized carbons (Fsp3) is 0.0714. The molecule has 0 bridgehead atoms. The SMILES string of the molecule is COc1ccccc1NC(=O)C(Sc1ccc(NC(=O)c2ccc(Cl)cc2Cl)cc1)c1ccccc1. The van der Waals surface area contributed by atoms with Gasteiger partial charge in [-0.25, -0.2) is 0 Å². The van der Waals surface area contributed by atoms with Crippen molar-refractivity contribution in [1.82, 2.24) is 0 Å². The molecule has 1 atom stereocenters. The normalized spacial score (nSPS) is 11.4. The van der Waals surface area contributed by atoms with E-state index in [2.05, 4.69) is 10.6 Å². The third-order valence-electron chi connectivity index (χ3n) is 5.25. The van der Waals surface area contributed by atoms with Crippen LogP contribution < -0.4 is 15.4 Å². The Morgan fingerprint density at radius 3 is 2.22 bits per heavy atom. The molecule has 2 N–H and O–H groups in total.